The van der Waals surface area contributed by atoms with Crippen LogP contribution in [0.3, 0.4) is 0 Å². The first kappa shape index (κ1) is 12.3. The molecular formula is C11H14N4O3. The Hall–Kier alpha value is -2.15. The molecule has 0 atom stereocenters. The lowest BCUT2D eigenvalue weighted by Crippen LogP contribution is -2.28. The molecule has 2 rings (SSSR count). The van der Waals surface area contributed by atoms with Crippen LogP contribution in [0.1, 0.15) is 23.2 Å². The fourth-order valence-corrected chi connectivity index (χ4v) is 2.12. The van der Waals surface area contributed by atoms with Crippen LogP contribution < -0.4 is 11.3 Å². The lowest BCUT2D eigenvalue weighted by molar-refractivity contribution is -0.384. The first-order chi connectivity index (χ1) is 8.65. The predicted molar refractivity (Wildman–Crippen MR) is 66.0 cm³/mol. The Morgan fingerprint density at radius 1 is 1.39 bits per heavy atom. The minimum absolute atomic E-state index is 0.0809. The molecule has 3 N–H and O–H groups in total. The van der Waals surface area contributed by atoms with E-state index >= 15 is 0 Å². The number of rotatable bonds is 3. The summed E-state index contributed by atoms with van der Waals surface area (Å²) in [5.74, 6) is 4.92. The number of hydrogen-bond acceptors (Lipinski definition) is 5. The van der Waals surface area contributed by atoms with Crippen molar-refractivity contribution in [2.24, 2.45) is 5.84 Å². The van der Waals surface area contributed by atoms with Crippen LogP contribution in [-0.2, 0) is 0 Å². The standard InChI is InChI=1S/C11H14N4O3/c12-13-9-5-3-4-8(10(9)15(17)18)11(16)14-6-1-2-7-14/h3-5,13H,1-2,6-7,12H2. The number of hydrazine groups is 1. The van der Waals surface area contributed by atoms with E-state index in [1.54, 1.807) is 11.0 Å². The summed E-state index contributed by atoms with van der Waals surface area (Å²) in [6.45, 7) is 1.30. The first-order valence-corrected chi connectivity index (χ1v) is 5.68. The van der Waals surface area contributed by atoms with Crippen LogP contribution >= 0.6 is 0 Å². The fourth-order valence-electron chi connectivity index (χ4n) is 2.12. The molecule has 1 saturated heterocycles. The van der Waals surface area contributed by atoms with Gasteiger partial charge >= 0.3 is 5.69 Å². The number of nitrogen functional groups attached to an aromatic ring is 1. The molecule has 96 valence electrons. The molecule has 1 aliphatic heterocycles. The van der Waals surface area contributed by atoms with E-state index in [0.29, 0.717) is 13.1 Å². The first-order valence-electron chi connectivity index (χ1n) is 5.68. The molecule has 1 aromatic rings. The average Bonchev–Trinajstić information content (AvgIpc) is 2.90. The monoisotopic (exact) mass is 250 g/mol. The Morgan fingerprint density at radius 3 is 2.61 bits per heavy atom. The number of carbonyl (C=O) groups excluding carboxylic acids is 1. The summed E-state index contributed by atoms with van der Waals surface area (Å²) in [5.41, 5.74) is 2.21. The van der Waals surface area contributed by atoms with E-state index in [2.05, 4.69) is 5.43 Å². The quantitative estimate of drug-likeness (QED) is 0.475. The van der Waals surface area contributed by atoms with Gasteiger partial charge in [-0.25, -0.2) is 0 Å². The maximum Gasteiger partial charge on any atom is 0.306 e. The van der Waals surface area contributed by atoms with Gasteiger partial charge in [-0.2, -0.15) is 0 Å². The van der Waals surface area contributed by atoms with Gasteiger partial charge in [0.15, 0.2) is 0 Å². The van der Waals surface area contributed by atoms with Crippen molar-refractivity contribution in [1.29, 1.82) is 0 Å². The van der Waals surface area contributed by atoms with Crippen LogP contribution in [0.15, 0.2) is 18.2 Å². The molecule has 1 aliphatic rings. The van der Waals surface area contributed by atoms with Crippen LogP contribution in [0.25, 0.3) is 0 Å². The number of para-hydroxylation sites is 1. The second kappa shape index (κ2) is 5.01. The second-order valence-electron chi connectivity index (χ2n) is 4.10. The number of likely N-dealkylation sites (tertiary alicyclic amines) is 1. The smallest absolute Gasteiger partial charge is 0.306 e. The summed E-state index contributed by atoms with van der Waals surface area (Å²) in [4.78, 5) is 24.3. The molecule has 0 saturated carbocycles. The normalized spacial score (nSPS) is 14.6. The molecule has 0 spiro atoms. The van der Waals surface area contributed by atoms with E-state index in [9.17, 15) is 14.9 Å². The molecule has 18 heavy (non-hydrogen) atoms. The van der Waals surface area contributed by atoms with Gasteiger partial charge in [0.25, 0.3) is 5.91 Å². The van der Waals surface area contributed by atoms with Crippen molar-refractivity contribution in [1.82, 2.24) is 4.90 Å². The second-order valence-corrected chi connectivity index (χ2v) is 4.10. The number of hydrogen-bond donors (Lipinski definition) is 2. The molecular weight excluding hydrogens is 236 g/mol. The summed E-state index contributed by atoms with van der Waals surface area (Å²) in [5, 5.41) is 11.1. The maximum atomic E-state index is 12.2. The number of nitrogens with one attached hydrogen (secondary N) is 1. The summed E-state index contributed by atoms with van der Waals surface area (Å²) in [6, 6.07) is 4.50. The number of nitro benzene ring substituents is 1. The molecule has 0 radical (unpaired) electrons. The van der Waals surface area contributed by atoms with Gasteiger partial charge in [-0.1, -0.05) is 6.07 Å². The van der Waals surface area contributed by atoms with E-state index in [1.165, 1.54) is 12.1 Å². The van der Waals surface area contributed by atoms with Crippen molar-refractivity contribution in [3.8, 4) is 0 Å². The molecule has 1 heterocycles. The maximum absolute atomic E-state index is 12.2. The van der Waals surface area contributed by atoms with Crippen molar-refractivity contribution in [3.63, 3.8) is 0 Å². The number of nitrogens with two attached hydrogens (primary N) is 1. The van der Waals surface area contributed by atoms with Crippen molar-refractivity contribution in [2.75, 3.05) is 18.5 Å². The van der Waals surface area contributed by atoms with Crippen LogP contribution in [0.2, 0.25) is 0 Å². The van der Waals surface area contributed by atoms with E-state index in [0.717, 1.165) is 12.8 Å². The Morgan fingerprint density at radius 2 is 2.06 bits per heavy atom. The highest BCUT2D eigenvalue weighted by Gasteiger charge is 2.28. The number of nitro groups is 1. The minimum Gasteiger partial charge on any atom is -0.338 e. The minimum atomic E-state index is -0.585. The number of amides is 1. The largest absolute Gasteiger partial charge is 0.338 e. The van der Waals surface area contributed by atoms with Crippen LogP contribution in [0.4, 0.5) is 11.4 Å². The summed E-state index contributed by atoms with van der Waals surface area (Å²) >= 11 is 0. The van der Waals surface area contributed by atoms with Gasteiger partial charge in [-0.05, 0) is 25.0 Å². The van der Waals surface area contributed by atoms with Crippen molar-refractivity contribution < 1.29 is 9.72 Å². The number of nitrogens with zero attached hydrogens (tertiary/aromatic N) is 2. The number of anilines is 1. The van der Waals surface area contributed by atoms with E-state index in [4.69, 9.17) is 5.84 Å². The molecule has 0 unspecified atom stereocenters. The lowest BCUT2D eigenvalue weighted by atomic mass is 10.1. The van der Waals surface area contributed by atoms with E-state index in [1.807, 2.05) is 0 Å². The Bertz CT molecular complexity index is 483. The molecule has 1 aromatic carbocycles. The number of benzene rings is 1. The summed E-state index contributed by atoms with van der Waals surface area (Å²) < 4.78 is 0. The molecule has 7 heteroatoms. The third kappa shape index (κ3) is 2.12. The topological polar surface area (TPSA) is 102 Å². The molecule has 1 fully saturated rings. The number of carbonyl (C=O) groups is 1. The predicted octanol–water partition coefficient (Wildman–Crippen LogP) is 1.12. The van der Waals surface area contributed by atoms with Crippen LogP contribution in [-0.4, -0.2) is 28.8 Å². The van der Waals surface area contributed by atoms with Crippen molar-refractivity contribution >= 4 is 17.3 Å². The van der Waals surface area contributed by atoms with Crippen molar-refractivity contribution in [2.45, 2.75) is 12.8 Å². The van der Waals surface area contributed by atoms with Crippen LogP contribution in [0.5, 0.6) is 0 Å². The molecule has 1 amide bonds. The van der Waals surface area contributed by atoms with Gasteiger partial charge in [0, 0.05) is 13.1 Å². The average molecular weight is 250 g/mol. The third-order valence-electron chi connectivity index (χ3n) is 3.00. The SMILES string of the molecule is NNc1cccc(C(=O)N2CCCC2)c1[N+](=O)[O-]. The van der Waals surface area contributed by atoms with Gasteiger partial charge < -0.3 is 10.3 Å². The fraction of sp³-hybridized carbons (Fsp3) is 0.364. The van der Waals surface area contributed by atoms with Gasteiger partial charge in [0.2, 0.25) is 0 Å². The molecule has 0 bridgehead atoms. The molecule has 0 aliphatic carbocycles. The van der Waals surface area contributed by atoms with Gasteiger partial charge in [0.05, 0.1) is 4.92 Å². The van der Waals surface area contributed by atoms with Gasteiger partial charge in [0.1, 0.15) is 11.3 Å². The lowest BCUT2D eigenvalue weighted by Gasteiger charge is -2.15. The van der Waals surface area contributed by atoms with E-state index < -0.39 is 4.92 Å². The summed E-state index contributed by atoms with van der Waals surface area (Å²) in [7, 11) is 0. The molecule has 7 nitrogen and oxygen atoms in total. The summed E-state index contributed by atoms with van der Waals surface area (Å²) in [6.07, 6.45) is 1.88. The third-order valence-corrected chi connectivity index (χ3v) is 3.00. The highest BCUT2D eigenvalue weighted by molar-refractivity contribution is 6.00. The van der Waals surface area contributed by atoms with E-state index in [-0.39, 0.29) is 22.8 Å². The Balaban J connectivity index is 2.42. The Kier molecular flexibility index (Phi) is 3.42. The zero-order valence-electron chi connectivity index (χ0n) is 9.76. The highest BCUT2D eigenvalue weighted by Crippen LogP contribution is 2.29. The van der Waals surface area contributed by atoms with Gasteiger partial charge in [-0.15, -0.1) is 0 Å². The highest BCUT2D eigenvalue weighted by atomic mass is 16.6. The Labute approximate surface area is 104 Å². The zero-order chi connectivity index (χ0) is 13.1. The van der Waals surface area contributed by atoms with Gasteiger partial charge in [-0.3, -0.25) is 20.8 Å². The zero-order valence-corrected chi connectivity index (χ0v) is 9.76. The van der Waals surface area contributed by atoms with Crippen molar-refractivity contribution in [3.05, 3.63) is 33.9 Å². The van der Waals surface area contributed by atoms with Crippen LogP contribution in [0, 0.1) is 10.1 Å². The molecule has 0 aromatic heterocycles.